The molecule has 0 saturated carbocycles. The summed E-state index contributed by atoms with van der Waals surface area (Å²) >= 11 is 0. The number of benzene rings is 1. The van der Waals surface area contributed by atoms with Crippen molar-refractivity contribution in [3.8, 4) is 0 Å². The maximum Gasteiger partial charge on any atom is 0.187 e. The van der Waals surface area contributed by atoms with E-state index in [-0.39, 0.29) is 0 Å². The Bertz CT molecular complexity index is 587. The molecule has 2 aromatic rings. The minimum absolute atomic E-state index is 0.743. The van der Waals surface area contributed by atoms with Crippen LogP contribution in [0.15, 0.2) is 18.2 Å². The van der Waals surface area contributed by atoms with Crippen molar-refractivity contribution in [3.05, 3.63) is 40.9 Å². The van der Waals surface area contributed by atoms with Crippen LogP contribution in [0.1, 0.15) is 24.6 Å². The fourth-order valence-corrected chi connectivity index (χ4v) is 2.65. The monoisotopic (exact) mass is 210 g/mol. The maximum absolute atomic E-state index is 7.07. The molecule has 1 unspecified atom stereocenters. The average molecular weight is 210 g/mol. The summed E-state index contributed by atoms with van der Waals surface area (Å²) in [5.41, 5.74) is 4.76. The maximum atomic E-state index is 7.07. The van der Waals surface area contributed by atoms with Gasteiger partial charge in [-0.05, 0) is 48.3 Å². The molecule has 0 spiro atoms. The molecule has 1 aliphatic rings. The molecule has 1 aromatic heterocycles. The fraction of sp³-hybridized carbons (Fsp3) is 0.357. The van der Waals surface area contributed by atoms with E-state index in [1.54, 1.807) is 0 Å². The van der Waals surface area contributed by atoms with Gasteiger partial charge in [0.1, 0.15) is 0 Å². The van der Waals surface area contributed by atoms with Crippen LogP contribution in [0.25, 0.3) is 15.7 Å². The van der Waals surface area contributed by atoms with Crippen LogP contribution in [-0.4, -0.2) is 4.98 Å². The van der Waals surface area contributed by atoms with Gasteiger partial charge < -0.3 is 4.98 Å². The van der Waals surface area contributed by atoms with Crippen LogP contribution < -0.4 is 0 Å². The van der Waals surface area contributed by atoms with E-state index in [0.29, 0.717) is 0 Å². The summed E-state index contributed by atoms with van der Waals surface area (Å²) < 4.78 is 0. The SMILES string of the molecule is [C-]#[N+]c1ccc2[nH]c3c(c2c1)CC(C)CC3. The van der Waals surface area contributed by atoms with Crippen LogP contribution >= 0.6 is 0 Å². The summed E-state index contributed by atoms with van der Waals surface area (Å²) in [5, 5.41) is 1.26. The zero-order chi connectivity index (χ0) is 11.1. The van der Waals surface area contributed by atoms with Crippen LogP contribution in [0.2, 0.25) is 0 Å². The molecule has 1 aliphatic carbocycles. The third-order valence-corrected chi connectivity index (χ3v) is 3.55. The lowest BCUT2D eigenvalue weighted by molar-refractivity contribution is 0.499. The highest BCUT2D eigenvalue weighted by Gasteiger charge is 2.19. The van der Waals surface area contributed by atoms with Gasteiger partial charge in [-0.2, -0.15) is 0 Å². The third-order valence-electron chi connectivity index (χ3n) is 3.55. The number of H-pyrrole nitrogens is 1. The molecule has 2 heteroatoms. The number of fused-ring (bicyclic) bond motifs is 3. The molecule has 0 aliphatic heterocycles. The summed E-state index contributed by atoms with van der Waals surface area (Å²) in [7, 11) is 0. The Labute approximate surface area is 95.1 Å². The summed E-state index contributed by atoms with van der Waals surface area (Å²) in [6, 6.07) is 5.95. The van der Waals surface area contributed by atoms with E-state index in [2.05, 4.69) is 16.8 Å². The number of aromatic amines is 1. The minimum Gasteiger partial charge on any atom is -0.358 e. The quantitative estimate of drug-likeness (QED) is 0.637. The lowest BCUT2D eigenvalue weighted by atomic mass is 9.88. The van der Waals surface area contributed by atoms with Crippen molar-refractivity contribution < 1.29 is 0 Å². The van der Waals surface area contributed by atoms with Gasteiger partial charge in [0.2, 0.25) is 0 Å². The lowest BCUT2D eigenvalue weighted by Gasteiger charge is -2.18. The highest BCUT2D eigenvalue weighted by atomic mass is 14.7. The Kier molecular flexibility index (Phi) is 2.00. The van der Waals surface area contributed by atoms with E-state index in [1.165, 1.54) is 28.6 Å². The predicted octanol–water partition coefficient (Wildman–Crippen LogP) is 3.84. The summed E-state index contributed by atoms with van der Waals surface area (Å²) in [5.74, 6) is 0.767. The Morgan fingerprint density at radius 1 is 1.44 bits per heavy atom. The van der Waals surface area contributed by atoms with Crippen LogP contribution in [0, 0.1) is 12.5 Å². The molecule has 0 radical (unpaired) electrons. The molecule has 80 valence electrons. The number of nitrogens with zero attached hydrogens (tertiary/aromatic N) is 1. The van der Waals surface area contributed by atoms with Gasteiger partial charge >= 0.3 is 0 Å². The van der Waals surface area contributed by atoms with Crippen LogP contribution in [0.5, 0.6) is 0 Å². The minimum atomic E-state index is 0.743. The normalized spacial score (nSPS) is 19.4. The first-order chi connectivity index (χ1) is 7.78. The van der Waals surface area contributed by atoms with Gasteiger partial charge in [0.25, 0.3) is 0 Å². The standard InChI is InChI=1S/C14H14N2/c1-9-3-5-13-11(7-9)12-8-10(15-2)4-6-14(12)16-13/h4,6,8-9,16H,3,5,7H2,1H3. The first-order valence-corrected chi connectivity index (χ1v) is 5.79. The van der Waals surface area contributed by atoms with Gasteiger partial charge in [0.05, 0.1) is 6.57 Å². The Balaban J connectivity index is 2.25. The van der Waals surface area contributed by atoms with Gasteiger partial charge in [-0.15, -0.1) is 0 Å². The first-order valence-electron chi connectivity index (χ1n) is 5.79. The topological polar surface area (TPSA) is 20.1 Å². The second kappa shape index (κ2) is 3.38. The van der Waals surface area contributed by atoms with Crippen molar-refractivity contribution in [1.82, 2.24) is 4.98 Å². The molecule has 16 heavy (non-hydrogen) atoms. The zero-order valence-corrected chi connectivity index (χ0v) is 9.38. The van der Waals surface area contributed by atoms with Crippen molar-refractivity contribution >= 4 is 16.6 Å². The Morgan fingerprint density at radius 3 is 3.12 bits per heavy atom. The van der Waals surface area contributed by atoms with Gasteiger partial charge in [-0.25, -0.2) is 4.85 Å². The number of rotatable bonds is 0. The van der Waals surface area contributed by atoms with E-state index in [9.17, 15) is 0 Å². The molecule has 1 heterocycles. The van der Waals surface area contributed by atoms with Gasteiger partial charge in [-0.3, -0.25) is 0 Å². The van der Waals surface area contributed by atoms with Crippen LogP contribution in [-0.2, 0) is 12.8 Å². The number of nitrogens with one attached hydrogen (secondary N) is 1. The molecule has 3 rings (SSSR count). The van der Waals surface area contributed by atoms with E-state index < -0.39 is 0 Å². The van der Waals surface area contributed by atoms with E-state index >= 15 is 0 Å². The molecule has 0 bridgehead atoms. The Morgan fingerprint density at radius 2 is 2.31 bits per heavy atom. The highest BCUT2D eigenvalue weighted by molar-refractivity contribution is 5.88. The molecule has 2 nitrogen and oxygen atoms in total. The third kappa shape index (κ3) is 1.32. The van der Waals surface area contributed by atoms with Crippen molar-refractivity contribution in [2.24, 2.45) is 5.92 Å². The molecular formula is C14H14N2. The fourth-order valence-electron chi connectivity index (χ4n) is 2.65. The van der Waals surface area contributed by atoms with Crippen molar-refractivity contribution in [3.63, 3.8) is 0 Å². The largest absolute Gasteiger partial charge is 0.358 e. The Hall–Kier alpha value is -1.75. The summed E-state index contributed by atoms with van der Waals surface area (Å²) in [6.45, 7) is 9.37. The van der Waals surface area contributed by atoms with E-state index in [4.69, 9.17) is 6.57 Å². The number of hydrogen-bond acceptors (Lipinski definition) is 0. The zero-order valence-electron chi connectivity index (χ0n) is 9.38. The summed E-state index contributed by atoms with van der Waals surface area (Å²) in [4.78, 5) is 6.99. The molecule has 0 fully saturated rings. The molecule has 1 aromatic carbocycles. The van der Waals surface area contributed by atoms with Gasteiger partial charge in [0, 0.05) is 11.2 Å². The van der Waals surface area contributed by atoms with Crippen LogP contribution in [0.4, 0.5) is 5.69 Å². The lowest BCUT2D eigenvalue weighted by Crippen LogP contribution is -2.09. The van der Waals surface area contributed by atoms with Gasteiger partial charge in [0.15, 0.2) is 5.69 Å². The van der Waals surface area contributed by atoms with Crippen molar-refractivity contribution in [2.75, 3.05) is 0 Å². The second-order valence-electron chi connectivity index (χ2n) is 4.77. The highest BCUT2D eigenvalue weighted by Crippen LogP contribution is 2.33. The molecule has 0 saturated heterocycles. The number of aryl methyl sites for hydroxylation is 1. The van der Waals surface area contributed by atoms with E-state index in [0.717, 1.165) is 24.4 Å². The smallest absolute Gasteiger partial charge is 0.187 e. The predicted molar refractivity (Wildman–Crippen MR) is 65.7 cm³/mol. The second-order valence-corrected chi connectivity index (χ2v) is 4.77. The molecular weight excluding hydrogens is 196 g/mol. The molecule has 1 N–H and O–H groups in total. The van der Waals surface area contributed by atoms with Crippen LogP contribution in [0.3, 0.4) is 0 Å². The molecule has 1 atom stereocenters. The first kappa shape index (κ1) is 9.47. The summed E-state index contributed by atoms with van der Waals surface area (Å²) in [6.07, 6.45) is 3.57. The van der Waals surface area contributed by atoms with Crippen molar-refractivity contribution in [2.45, 2.75) is 26.2 Å². The number of hydrogen-bond donors (Lipinski definition) is 1. The van der Waals surface area contributed by atoms with Crippen molar-refractivity contribution in [1.29, 1.82) is 0 Å². The molecule has 0 amide bonds. The van der Waals surface area contributed by atoms with Gasteiger partial charge in [-0.1, -0.05) is 13.0 Å². The van der Waals surface area contributed by atoms with E-state index in [1.807, 2.05) is 18.2 Å². The average Bonchev–Trinajstić information content (AvgIpc) is 2.66. The number of aromatic nitrogens is 1.